The van der Waals surface area contributed by atoms with Crippen LogP contribution >= 0.6 is 0 Å². The Bertz CT molecular complexity index is 256. The molecule has 4 atom stereocenters. The first kappa shape index (κ1) is 16.3. The highest BCUT2D eigenvalue weighted by atomic mass is 15.2. The van der Waals surface area contributed by atoms with Gasteiger partial charge >= 0.3 is 0 Å². The van der Waals surface area contributed by atoms with E-state index in [9.17, 15) is 0 Å². The van der Waals surface area contributed by atoms with Crippen molar-refractivity contribution >= 4 is 0 Å². The topological polar surface area (TPSA) is 29.3 Å². The molecule has 0 amide bonds. The largest absolute Gasteiger partial charge is 0.326 e. The number of likely N-dealkylation sites (tertiary alicyclic amines) is 1. The van der Waals surface area contributed by atoms with Gasteiger partial charge in [0.1, 0.15) is 0 Å². The van der Waals surface area contributed by atoms with Gasteiger partial charge in [-0.15, -0.1) is 0 Å². The third-order valence-corrected chi connectivity index (χ3v) is 5.77. The van der Waals surface area contributed by atoms with Gasteiger partial charge in [-0.05, 0) is 24.7 Å². The Morgan fingerprint density at radius 2 is 1.15 bits per heavy atom. The molecule has 0 spiro atoms. The molecule has 2 rings (SSSR count). The van der Waals surface area contributed by atoms with Crippen LogP contribution in [0.25, 0.3) is 0 Å². The lowest BCUT2D eigenvalue weighted by atomic mass is 9.93. The molecule has 118 valence electrons. The fraction of sp³-hybridized carbons (Fsp3) is 1.00. The third kappa shape index (κ3) is 4.73. The highest BCUT2D eigenvalue weighted by Crippen LogP contribution is 2.28. The molecule has 0 radical (unpaired) electrons. The van der Waals surface area contributed by atoms with E-state index in [2.05, 4.69) is 18.7 Å². The van der Waals surface area contributed by atoms with E-state index >= 15 is 0 Å². The first-order chi connectivity index (χ1) is 9.68. The van der Waals surface area contributed by atoms with Crippen LogP contribution in [0.4, 0.5) is 0 Å². The average molecular weight is 280 g/mol. The van der Waals surface area contributed by atoms with Crippen LogP contribution in [0.3, 0.4) is 0 Å². The third-order valence-electron chi connectivity index (χ3n) is 5.77. The van der Waals surface area contributed by atoms with E-state index in [0.29, 0.717) is 12.1 Å². The van der Waals surface area contributed by atoms with Crippen molar-refractivity contribution in [3.63, 3.8) is 0 Å². The second-order valence-corrected chi connectivity index (χ2v) is 7.55. The summed E-state index contributed by atoms with van der Waals surface area (Å²) in [7, 11) is 0. The molecule has 4 unspecified atom stereocenters. The van der Waals surface area contributed by atoms with Gasteiger partial charge < -0.3 is 5.73 Å². The Kier molecular flexibility index (Phi) is 6.83. The van der Waals surface area contributed by atoms with Crippen LogP contribution in [0.15, 0.2) is 0 Å². The van der Waals surface area contributed by atoms with Gasteiger partial charge in [0, 0.05) is 25.2 Å². The van der Waals surface area contributed by atoms with E-state index in [1.807, 2.05) is 0 Å². The number of nitrogens with two attached hydrogens (primary N) is 1. The molecule has 1 aliphatic carbocycles. The molecule has 2 heteroatoms. The molecule has 0 bridgehead atoms. The van der Waals surface area contributed by atoms with E-state index in [0.717, 1.165) is 11.8 Å². The summed E-state index contributed by atoms with van der Waals surface area (Å²) in [6, 6.07) is 1.06. The van der Waals surface area contributed by atoms with Crippen LogP contribution in [0, 0.1) is 11.8 Å². The smallest absolute Gasteiger partial charge is 0.0247 e. The molecule has 20 heavy (non-hydrogen) atoms. The summed E-state index contributed by atoms with van der Waals surface area (Å²) >= 11 is 0. The van der Waals surface area contributed by atoms with Crippen molar-refractivity contribution in [2.75, 3.05) is 13.1 Å². The number of nitrogens with zero attached hydrogens (tertiary/aromatic N) is 1. The molecular formula is C18H36N2. The first-order valence-electron chi connectivity index (χ1n) is 9.18. The molecule has 0 aromatic rings. The first-order valence-corrected chi connectivity index (χ1v) is 9.18. The normalized spacial score (nSPS) is 39.1. The Labute approximate surface area is 126 Å². The lowest BCUT2D eigenvalue weighted by Gasteiger charge is -2.33. The van der Waals surface area contributed by atoms with Gasteiger partial charge in [0.05, 0.1) is 0 Å². The summed E-state index contributed by atoms with van der Waals surface area (Å²) in [5, 5.41) is 0. The van der Waals surface area contributed by atoms with E-state index in [1.54, 1.807) is 0 Å². The van der Waals surface area contributed by atoms with Crippen molar-refractivity contribution in [1.29, 1.82) is 0 Å². The zero-order chi connectivity index (χ0) is 14.4. The number of hydrogen-bond acceptors (Lipinski definition) is 2. The predicted octanol–water partition coefficient (Wildman–Crippen LogP) is 4.18. The van der Waals surface area contributed by atoms with Crippen molar-refractivity contribution in [2.24, 2.45) is 17.6 Å². The van der Waals surface area contributed by atoms with E-state index in [1.165, 1.54) is 77.3 Å². The van der Waals surface area contributed by atoms with Gasteiger partial charge in [-0.25, -0.2) is 0 Å². The fourth-order valence-corrected chi connectivity index (χ4v) is 4.10. The maximum absolute atomic E-state index is 6.59. The van der Waals surface area contributed by atoms with Crippen molar-refractivity contribution in [3.8, 4) is 0 Å². The molecule has 1 saturated heterocycles. The lowest BCUT2D eigenvalue weighted by molar-refractivity contribution is 0.179. The summed E-state index contributed by atoms with van der Waals surface area (Å²) in [6.07, 6.45) is 13.9. The second-order valence-electron chi connectivity index (χ2n) is 7.55. The summed E-state index contributed by atoms with van der Waals surface area (Å²) < 4.78 is 0. The Morgan fingerprint density at radius 3 is 1.70 bits per heavy atom. The summed E-state index contributed by atoms with van der Waals surface area (Å²) in [6.45, 7) is 7.37. The van der Waals surface area contributed by atoms with Gasteiger partial charge in [0.25, 0.3) is 0 Å². The number of rotatable bonds is 1. The summed E-state index contributed by atoms with van der Waals surface area (Å²) in [5.74, 6) is 1.70. The van der Waals surface area contributed by atoms with Crippen molar-refractivity contribution in [3.05, 3.63) is 0 Å². The zero-order valence-electron chi connectivity index (χ0n) is 13.8. The summed E-state index contributed by atoms with van der Waals surface area (Å²) in [4.78, 5) is 2.73. The Morgan fingerprint density at radius 1 is 0.700 bits per heavy atom. The molecule has 0 aromatic heterocycles. The minimum Gasteiger partial charge on any atom is -0.326 e. The molecule has 1 aliphatic heterocycles. The van der Waals surface area contributed by atoms with Crippen molar-refractivity contribution in [1.82, 2.24) is 4.90 Å². The molecule has 1 heterocycles. The van der Waals surface area contributed by atoms with Crippen LogP contribution in [0.2, 0.25) is 0 Å². The molecular weight excluding hydrogens is 244 g/mol. The summed E-state index contributed by atoms with van der Waals surface area (Å²) in [5.41, 5.74) is 6.59. The van der Waals surface area contributed by atoms with Gasteiger partial charge in [-0.2, -0.15) is 0 Å². The maximum Gasteiger partial charge on any atom is 0.0247 e. The standard InChI is InChI=1S/C18H36N2/c1-15-13-20(14-16(15)2)18-12-10-8-6-4-3-5-7-9-11-17(18)19/h15-18H,3-14,19H2,1-2H3. The fourth-order valence-electron chi connectivity index (χ4n) is 4.10. The number of hydrogen-bond donors (Lipinski definition) is 1. The molecule has 1 saturated carbocycles. The van der Waals surface area contributed by atoms with Crippen LogP contribution in [-0.4, -0.2) is 30.1 Å². The van der Waals surface area contributed by atoms with Crippen LogP contribution < -0.4 is 5.73 Å². The van der Waals surface area contributed by atoms with Crippen molar-refractivity contribution in [2.45, 2.75) is 90.1 Å². The highest BCUT2D eigenvalue weighted by molar-refractivity contribution is 4.89. The van der Waals surface area contributed by atoms with Crippen LogP contribution in [0.5, 0.6) is 0 Å². The SMILES string of the molecule is CC1CN(C2CCCCCCCCCCC2N)CC1C. The van der Waals surface area contributed by atoms with Gasteiger partial charge in [-0.3, -0.25) is 4.90 Å². The van der Waals surface area contributed by atoms with E-state index < -0.39 is 0 Å². The lowest BCUT2D eigenvalue weighted by Crippen LogP contribution is -2.47. The Hall–Kier alpha value is -0.0800. The zero-order valence-corrected chi connectivity index (χ0v) is 13.8. The van der Waals surface area contributed by atoms with Gasteiger partial charge in [-0.1, -0.05) is 65.2 Å². The Balaban J connectivity index is 1.90. The predicted molar refractivity (Wildman–Crippen MR) is 87.8 cm³/mol. The van der Waals surface area contributed by atoms with Crippen LogP contribution in [0.1, 0.15) is 78.1 Å². The highest BCUT2D eigenvalue weighted by Gasteiger charge is 2.33. The molecule has 2 N–H and O–H groups in total. The maximum atomic E-state index is 6.59. The monoisotopic (exact) mass is 280 g/mol. The molecule has 2 fully saturated rings. The van der Waals surface area contributed by atoms with E-state index in [-0.39, 0.29) is 0 Å². The van der Waals surface area contributed by atoms with Crippen molar-refractivity contribution < 1.29 is 0 Å². The molecule has 2 nitrogen and oxygen atoms in total. The van der Waals surface area contributed by atoms with Crippen LogP contribution in [-0.2, 0) is 0 Å². The quantitative estimate of drug-likeness (QED) is 0.780. The van der Waals surface area contributed by atoms with Gasteiger partial charge in [0.2, 0.25) is 0 Å². The molecule has 0 aromatic carbocycles. The van der Waals surface area contributed by atoms with Gasteiger partial charge in [0.15, 0.2) is 0 Å². The minimum atomic E-state index is 0.409. The second kappa shape index (κ2) is 8.38. The average Bonchev–Trinajstić information content (AvgIpc) is 2.73. The van der Waals surface area contributed by atoms with E-state index in [4.69, 9.17) is 5.73 Å². The molecule has 2 aliphatic rings. The minimum absolute atomic E-state index is 0.409.